The number of rotatable bonds is 5. The van der Waals surface area contributed by atoms with Gasteiger partial charge in [0.2, 0.25) is 5.91 Å². The smallest absolute Gasteiger partial charge is 0.307 e. The number of amides is 1. The Morgan fingerprint density at radius 3 is 2.00 bits per heavy atom. The van der Waals surface area contributed by atoms with Gasteiger partial charge in [-0.3, -0.25) is 9.59 Å². The van der Waals surface area contributed by atoms with E-state index < -0.39 is 11.0 Å². The number of esters is 1. The average Bonchev–Trinajstić information content (AvgIpc) is 2.27. The Hall–Kier alpha value is -1.10. The first-order valence-electron chi connectivity index (χ1n) is 6.06. The summed E-state index contributed by atoms with van der Waals surface area (Å²) in [6.45, 7) is 9.07. The Balaban J connectivity index is 4.97. The summed E-state index contributed by atoms with van der Waals surface area (Å²) < 4.78 is 4.57. The number of hydrogen-bond donors (Lipinski definition) is 1. The van der Waals surface area contributed by atoms with Crippen molar-refractivity contribution in [2.45, 2.75) is 46.6 Å². The highest BCUT2D eigenvalue weighted by molar-refractivity contribution is 5.82. The van der Waals surface area contributed by atoms with E-state index >= 15 is 0 Å². The molecule has 0 fully saturated rings. The molecule has 18 heavy (non-hydrogen) atoms. The van der Waals surface area contributed by atoms with Crippen LogP contribution in [-0.2, 0) is 14.3 Å². The zero-order valence-electron chi connectivity index (χ0n) is 12.2. The molecule has 5 heteroatoms. The van der Waals surface area contributed by atoms with Gasteiger partial charge in [0, 0.05) is 12.0 Å². The van der Waals surface area contributed by atoms with Crippen LogP contribution < -0.4 is 0 Å². The molecular formula is C13H25NO4. The van der Waals surface area contributed by atoms with Gasteiger partial charge in [0.15, 0.2) is 0 Å². The molecule has 0 unspecified atom stereocenters. The number of aliphatic hydroxyl groups is 1. The van der Waals surface area contributed by atoms with Crippen LogP contribution >= 0.6 is 0 Å². The fourth-order valence-corrected chi connectivity index (χ4v) is 1.47. The molecule has 0 saturated heterocycles. The molecule has 0 aliphatic heterocycles. The van der Waals surface area contributed by atoms with Crippen LogP contribution in [0.15, 0.2) is 0 Å². The van der Waals surface area contributed by atoms with E-state index in [4.69, 9.17) is 0 Å². The zero-order chi connectivity index (χ0) is 14.6. The molecule has 1 amide bonds. The maximum absolute atomic E-state index is 12.3. The SMILES string of the molecule is COC(=O)CCN(C(=O)C(C)(C)C)C(C)(C)CO. The summed E-state index contributed by atoms with van der Waals surface area (Å²) in [4.78, 5) is 25.1. The van der Waals surface area contributed by atoms with Crippen LogP contribution in [-0.4, -0.2) is 47.7 Å². The molecule has 0 rings (SSSR count). The average molecular weight is 259 g/mol. The largest absolute Gasteiger partial charge is 0.469 e. The molecule has 1 N–H and O–H groups in total. The van der Waals surface area contributed by atoms with Crippen molar-refractivity contribution in [2.24, 2.45) is 5.41 Å². The first-order chi connectivity index (χ1) is 8.06. The van der Waals surface area contributed by atoms with E-state index in [9.17, 15) is 14.7 Å². The van der Waals surface area contributed by atoms with Gasteiger partial charge in [0.25, 0.3) is 0 Å². The van der Waals surface area contributed by atoms with E-state index in [1.165, 1.54) is 7.11 Å². The van der Waals surface area contributed by atoms with Gasteiger partial charge in [-0.2, -0.15) is 0 Å². The normalized spacial score (nSPS) is 12.2. The molecule has 0 aromatic heterocycles. The predicted octanol–water partition coefficient (Wildman–Crippen LogP) is 1.20. The fraction of sp³-hybridized carbons (Fsp3) is 0.846. The van der Waals surface area contributed by atoms with Gasteiger partial charge in [-0.05, 0) is 13.8 Å². The predicted molar refractivity (Wildman–Crippen MR) is 69.0 cm³/mol. The number of ether oxygens (including phenoxy) is 1. The lowest BCUT2D eigenvalue weighted by Crippen LogP contribution is -2.54. The topological polar surface area (TPSA) is 66.8 Å². The van der Waals surface area contributed by atoms with Crippen LogP contribution in [0.4, 0.5) is 0 Å². The summed E-state index contributed by atoms with van der Waals surface area (Å²) in [5, 5.41) is 9.39. The number of aliphatic hydroxyl groups excluding tert-OH is 1. The molecule has 0 aromatic rings. The van der Waals surface area contributed by atoms with E-state index in [1.807, 2.05) is 20.8 Å². The standard InChI is InChI=1S/C13H25NO4/c1-12(2,3)11(17)14(13(4,5)9-15)8-7-10(16)18-6/h15H,7-9H2,1-6H3. The van der Waals surface area contributed by atoms with Crippen molar-refractivity contribution in [3.8, 4) is 0 Å². The fourth-order valence-electron chi connectivity index (χ4n) is 1.47. The maximum Gasteiger partial charge on any atom is 0.307 e. The van der Waals surface area contributed by atoms with Gasteiger partial charge in [-0.1, -0.05) is 20.8 Å². The van der Waals surface area contributed by atoms with E-state index in [2.05, 4.69) is 4.74 Å². The van der Waals surface area contributed by atoms with Crippen LogP contribution in [0.1, 0.15) is 41.0 Å². The van der Waals surface area contributed by atoms with Crippen molar-refractivity contribution >= 4 is 11.9 Å². The molecule has 0 atom stereocenters. The molecule has 5 nitrogen and oxygen atoms in total. The summed E-state index contributed by atoms with van der Waals surface area (Å²) in [5.74, 6) is -0.457. The van der Waals surface area contributed by atoms with Crippen molar-refractivity contribution in [3.05, 3.63) is 0 Å². The Morgan fingerprint density at radius 2 is 1.67 bits per heavy atom. The second kappa shape index (κ2) is 6.18. The van der Waals surface area contributed by atoms with Gasteiger partial charge in [0.05, 0.1) is 25.7 Å². The molecular weight excluding hydrogens is 234 g/mol. The van der Waals surface area contributed by atoms with Gasteiger partial charge in [-0.15, -0.1) is 0 Å². The van der Waals surface area contributed by atoms with Gasteiger partial charge < -0.3 is 14.7 Å². The van der Waals surface area contributed by atoms with E-state index in [-0.39, 0.29) is 31.4 Å². The molecule has 0 aliphatic rings. The highest BCUT2D eigenvalue weighted by atomic mass is 16.5. The number of carbonyl (C=O) groups excluding carboxylic acids is 2. The second-order valence-corrected chi connectivity index (χ2v) is 6.00. The lowest BCUT2D eigenvalue weighted by molar-refractivity contribution is -0.149. The van der Waals surface area contributed by atoms with Crippen molar-refractivity contribution < 1.29 is 19.4 Å². The van der Waals surface area contributed by atoms with Crippen molar-refractivity contribution in [3.63, 3.8) is 0 Å². The monoisotopic (exact) mass is 259 g/mol. The maximum atomic E-state index is 12.3. The second-order valence-electron chi connectivity index (χ2n) is 6.00. The quantitative estimate of drug-likeness (QED) is 0.753. The summed E-state index contributed by atoms with van der Waals surface area (Å²) in [6, 6.07) is 0. The minimum atomic E-state index is -0.696. The van der Waals surface area contributed by atoms with Crippen LogP contribution in [0.25, 0.3) is 0 Å². The van der Waals surface area contributed by atoms with Gasteiger partial charge in [0.1, 0.15) is 0 Å². The molecule has 0 aliphatic carbocycles. The highest BCUT2D eigenvalue weighted by Gasteiger charge is 2.36. The van der Waals surface area contributed by atoms with E-state index in [1.54, 1.807) is 18.7 Å². The van der Waals surface area contributed by atoms with Crippen LogP contribution in [0.5, 0.6) is 0 Å². The zero-order valence-corrected chi connectivity index (χ0v) is 12.2. The third-order valence-electron chi connectivity index (χ3n) is 2.77. The number of methoxy groups -OCH3 is 1. The third kappa shape index (κ3) is 4.64. The van der Waals surface area contributed by atoms with E-state index in [0.717, 1.165) is 0 Å². The molecule has 0 heterocycles. The Bertz CT molecular complexity index is 305. The summed E-state index contributed by atoms with van der Waals surface area (Å²) in [5.41, 5.74) is -1.25. The molecule has 0 radical (unpaired) electrons. The number of carbonyl (C=O) groups is 2. The summed E-state index contributed by atoms with van der Waals surface area (Å²) in [7, 11) is 1.31. The Kier molecular flexibility index (Phi) is 5.80. The van der Waals surface area contributed by atoms with E-state index in [0.29, 0.717) is 0 Å². The third-order valence-corrected chi connectivity index (χ3v) is 2.77. The van der Waals surface area contributed by atoms with Crippen LogP contribution in [0, 0.1) is 5.41 Å². The molecule has 0 saturated carbocycles. The summed E-state index contributed by atoms with van der Waals surface area (Å²) >= 11 is 0. The summed E-state index contributed by atoms with van der Waals surface area (Å²) in [6.07, 6.45) is 0.127. The highest BCUT2D eigenvalue weighted by Crippen LogP contribution is 2.24. The van der Waals surface area contributed by atoms with Crippen molar-refractivity contribution in [1.29, 1.82) is 0 Å². The minimum Gasteiger partial charge on any atom is -0.469 e. The minimum absolute atomic E-state index is 0.0922. The van der Waals surface area contributed by atoms with Crippen LogP contribution in [0.2, 0.25) is 0 Å². The lowest BCUT2D eigenvalue weighted by Gasteiger charge is -2.40. The lowest BCUT2D eigenvalue weighted by atomic mass is 9.91. The first kappa shape index (κ1) is 16.9. The van der Waals surface area contributed by atoms with Gasteiger partial charge in [-0.25, -0.2) is 0 Å². The van der Waals surface area contributed by atoms with Crippen LogP contribution in [0.3, 0.4) is 0 Å². The first-order valence-corrected chi connectivity index (χ1v) is 6.06. The molecule has 106 valence electrons. The molecule has 0 bridgehead atoms. The number of hydrogen-bond acceptors (Lipinski definition) is 4. The Morgan fingerprint density at radius 1 is 1.17 bits per heavy atom. The molecule has 0 aromatic carbocycles. The number of nitrogens with zero attached hydrogens (tertiary/aromatic N) is 1. The van der Waals surface area contributed by atoms with Crippen molar-refractivity contribution in [1.82, 2.24) is 4.90 Å². The Labute approximate surface area is 109 Å². The molecule has 0 spiro atoms. The van der Waals surface area contributed by atoms with Gasteiger partial charge >= 0.3 is 5.97 Å². The van der Waals surface area contributed by atoms with Crippen molar-refractivity contribution in [2.75, 3.05) is 20.3 Å².